The number of aryl methyl sites for hydroxylation is 1. The highest BCUT2D eigenvalue weighted by atomic mass is 79.9. The van der Waals surface area contributed by atoms with Gasteiger partial charge in [-0.15, -0.1) is 0 Å². The molecule has 1 atom stereocenters. The molecular formula is C19H22BrN3O2. The Morgan fingerprint density at radius 3 is 2.28 bits per heavy atom. The Morgan fingerprint density at radius 1 is 1.00 bits per heavy atom. The minimum Gasteiger partial charge on any atom is -0.326 e. The number of halogens is 1. The van der Waals surface area contributed by atoms with Crippen LogP contribution in [0.4, 0.5) is 16.2 Å². The molecule has 0 spiro atoms. The van der Waals surface area contributed by atoms with E-state index in [0.717, 1.165) is 10.0 Å². The second-order valence-electron chi connectivity index (χ2n) is 6.16. The van der Waals surface area contributed by atoms with Crippen molar-refractivity contribution < 1.29 is 9.59 Å². The van der Waals surface area contributed by atoms with E-state index in [0.29, 0.717) is 11.4 Å². The number of hydrogen-bond donors (Lipinski definition) is 3. The van der Waals surface area contributed by atoms with E-state index in [-0.39, 0.29) is 11.8 Å². The van der Waals surface area contributed by atoms with Crippen molar-refractivity contribution in [2.24, 2.45) is 5.92 Å². The molecule has 2 aromatic carbocycles. The molecule has 0 aromatic heterocycles. The Labute approximate surface area is 156 Å². The monoisotopic (exact) mass is 403 g/mol. The predicted octanol–water partition coefficient (Wildman–Crippen LogP) is 4.54. The average Bonchev–Trinajstić information content (AvgIpc) is 2.55. The summed E-state index contributed by atoms with van der Waals surface area (Å²) in [4.78, 5) is 24.8. The molecule has 0 saturated heterocycles. The average molecular weight is 404 g/mol. The molecule has 0 heterocycles. The first-order chi connectivity index (χ1) is 11.9. The molecule has 2 aromatic rings. The van der Waals surface area contributed by atoms with Crippen molar-refractivity contribution in [3.8, 4) is 0 Å². The van der Waals surface area contributed by atoms with Gasteiger partial charge >= 0.3 is 6.03 Å². The van der Waals surface area contributed by atoms with Crippen molar-refractivity contribution in [1.29, 1.82) is 0 Å². The number of nitrogens with one attached hydrogen (secondary N) is 3. The van der Waals surface area contributed by atoms with Crippen molar-refractivity contribution in [2.45, 2.75) is 26.8 Å². The molecule has 3 amide bonds. The molecule has 0 aliphatic rings. The van der Waals surface area contributed by atoms with Gasteiger partial charge in [-0.3, -0.25) is 4.79 Å². The maximum Gasteiger partial charge on any atom is 0.319 e. The fourth-order valence-corrected chi connectivity index (χ4v) is 2.89. The summed E-state index contributed by atoms with van der Waals surface area (Å²) in [5.41, 5.74) is 2.43. The molecule has 0 saturated carbocycles. The molecule has 0 radical (unpaired) electrons. The molecule has 25 heavy (non-hydrogen) atoms. The van der Waals surface area contributed by atoms with Crippen LogP contribution in [0.3, 0.4) is 0 Å². The first-order valence-electron chi connectivity index (χ1n) is 8.06. The smallest absolute Gasteiger partial charge is 0.319 e. The van der Waals surface area contributed by atoms with Crippen LogP contribution in [0.1, 0.15) is 19.4 Å². The third-order valence-electron chi connectivity index (χ3n) is 3.65. The highest BCUT2D eigenvalue weighted by Crippen LogP contribution is 2.23. The second-order valence-corrected chi connectivity index (χ2v) is 7.01. The second kappa shape index (κ2) is 8.67. The van der Waals surface area contributed by atoms with Crippen molar-refractivity contribution in [3.63, 3.8) is 0 Å². The number of hydrogen-bond acceptors (Lipinski definition) is 2. The van der Waals surface area contributed by atoms with Crippen LogP contribution < -0.4 is 16.0 Å². The van der Waals surface area contributed by atoms with Crippen LogP contribution in [-0.4, -0.2) is 18.0 Å². The van der Waals surface area contributed by atoms with Crippen molar-refractivity contribution in [2.75, 3.05) is 10.6 Å². The number of urea groups is 1. The van der Waals surface area contributed by atoms with Gasteiger partial charge in [0.15, 0.2) is 0 Å². The Hall–Kier alpha value is -2.34. The lowest BCUT2D eigenvalue weighted by atomic mass is 10.0. The van der Waals surface area contributed by atoms with Gasteiger partial charge in [0.2, 0.25) is 5.91 Å². The van der Waals surface area contributed by atoms with Crippen molar-refractivity contribution in [1.82, 2.24) is 5.32 Å². The van der Waals surface area contributed by atoms with Gasteiger partial charge in [0.1, 0.15) is 6.04 Å². The zero-order valence-corrected chi connectivity index (χ0v) is 16.1. The number of amides is 3. The lowest BCUT2D eigenvalue weighted by Crippen LogP contribution is -2.48. The first-order valence-corrected chi connectivity index (χ1v) is 8.85. The minimum absolute atomic E-state index is 0.0641. The van der Waals surface area contributed by atoms with E-state index < -0.39 is 12.1 Å². The molecular weight excluding hydrogens is 382 g/mol. The van der Waals surface area contributed by atoms with Gasteiger partial charge in [-0.25, -0.2) is 4.79 Å². The fraction of sp³-hybridized carbons (Fsp3) is 0.263. The predicted molar refractivity (Wildman–Crippen MR) is 105 cm³/mol. The van der Waals surface area contributed by atoms with Crippen LogP contribution in [0.25, 0.3) is 0 Å². The van der Waals surface area contributed by atoms with E-state index in [9.17, 15) is 9.59 Å². The quantitative estimate of drug-likeness (QED) is 0.685. The van der Waals surface area contributed by atoms with Crippen LogP contribution in [-0.2, 0) is 4.79 Å². The standard InChI is InChI=1S/C19H22BrN3O2/c1-12(2)17(23-19(25)21-14-7-5-4-6-8-14)18(24)22-16-10-9-13(3)11-15(16)20/h4-12,17H,1-3H3,(H,22,24)(H2,21,23,25). The summed E-state index contributed by atoms with van der Waals surface area (Å²) in [6.45, 7) is 5.75. The summed E-state index contributed by atoms with van der Waals surface area (Å²) in [6.07, 6.45) is 0. The number of benzene rings is 2. The molecule has 5 nitrogen and oxygen atoms in total. The minimum atomic E-state index is -0.656. The summed E-state index contributed by atoms with van der Waals surface area (Å²) in [6, 6.07) is 13.7. The first kappa shape index (κ1) is 19.0. The molecule has 0 aliphatic heterocycles. The Kier molecular flexibility index (Phi) is 6.58. The van der Waals surface area contributed by atoms with Gasteiger partial charge in [0.05, 0.1) is 5.69 Å². The fourth-order valence-electron chi connectivity index (χ4n) is 2.30. The van der Waals surface area contributed by atoms with Gasteiger partial charge in [-0.2, -0.15) is 0 Å². The summed E-state index contributed by atoms with van der Waals surface area (Å²) in [7, 11) is 0. The molecule has 0 bridgehead atoms. The molecule has 0 aliphatic carbocycles. The lowest BCUT2D eigenvalue weighted by molar-refractivity contribution is -0.118. The largest absolute Gasteiger partial charge is 0.326 e. The van der Waals surface area contributed by atoms with E-state index in [1.807, 2.05) is 57.2 Å². The molecule has 2 rings (SSSR count). The third-order valence-corrected chi connectivity index (χ3v) is 4.31. The normalized spacial score (nSPS) is 11.7. The van der Waals surface area contributed by atoms with Gasteiger partial charge in [-0.1, -0.05) is 38.1 Å². The summed E-state index contributed by atoms with van der Waals surface area (Å²) in [5, 5.41) is 8.32. The van der Waals surface area contributed by atoms with Crippen molar-refractivity contribution >= 4 is 39.2 Å². The van der Waals surface area contributed by atoms with E-state index in [2.05, 4.69) is 31.9 Å². The Bertz CT molecular complexity index is 748. The van der Waals surface area contributed by atoms with Gasteiger partial charge < -0.3 is 16.0 Å². The summed E-state index contributed by atoms with van der Waals surface area (Å²) in [5.74, 6) is -0.325. The molecule has 1 unspecified atom stereocenters. The molecule has 6 heteroatoms. The lowest BCUT2D eigenvalue weighted by Gasteiger charge is -2.22. The van der Waals surface area contributed by atoms with Gasteiger partial charge in [-0.05, 0) is 58.6 Å². The van der Waals surface area contributed by atoms with Crippen LogP contribution in [0.5, 0.6) is 0 Å². The number of anilines is 2. The Balaban J connectivity index is 2.03. The highest BCUT2D eigenvalue weighted by molar-refractivity contribution is 9.10. The number of para-hydroxylation sites is 1. The topological polar surface area (TPSA) is 70.2 Å². The number of carbonyl (C=O) groups excluding carboxylic acids is 2. The van der Waals surface area contributed by atoms with Gasteiger partial charge in [0.25, 0.3) is 0 Å². The van der Waals surface area contributed by atoms with Crippen LogP contribution in [0.15, 0.2) is 53.0 Å². The zero-order valence-electron chi connectivity index (χ0n) is 14.5. The molecule has 0 fully saturated rings. The van der Waals surface area contributed by atoms with Crippen LogP contribution in [0, 0.1) is 12.8 Å². The molecule has 132 valence electrons. The third kappa shape index (κ3) is 5.60. The number of carbonyl (C=O) groups is 2. The summed E-state index contributed by atoms with van der Waals surface area (Å²) >= 11 is 3.44. The van der Waals surface area contributed by atoms with E-state index in [1.54, 1.807) is 12.1 Å². The SMILES string of the molecule is Cc1ccc(NC(=O)C(NC(=O)Nc2ccccc2)C(C)C)c(Br)c1. The van der Waals surface area contributed by atoms with Crippen molar-refractivity contribution in [3.05, 3.63) is 58.6 Å². The highest BCUT2D eigenvalue weighted by Gasteiger charge is 2.24. The maximum atomic E-state index is 12.6. The van der Waals surface area contributed by atoms with Crippen LogP contribution >= 0.6 is 15.9 Å². The van der Waals surface area contributed by atoms with Gasteiger partial charge in [0, 0.05) is 10.2 Å². The van der Waals surface area contributed by atoms with E-state index in [1.165, 1.54) is 0 Å². The van der Waals surface area contributed by atoms with E-state index in [4.69, 9.17) is 0 Å². The zero-order chi connectivity index (χ0) is 18.4. The molecule has 3 N–H and O–H groups in total. The van der Waals surface area contributed by atoms with E-state index >= 15 is 0 Å². The summed E-state index contributed by atoms with van der Waals surface area (Å²) < 4.78 is 0.803. The number of rotatable bonds is 5. The van der Waals surface area contributed by atoms with Crippen LogP contribution in [0.2, 0.25) is 0 Å². The Morgan fingerprint density at radius 2 is 1.68 bits per heavy atom. The maximum absolute atomic E-state index is 12.6.